The lowest BCUT2D eigenvalue weighted by molar-refractivity contribution is 0.0441. The summed E-state index contributed by atoms with van der Waals surface area (Å²) in [7, 11) is 0. The maximum Gasteiger partial charge on any atom is 0.159 e. The van der Waals surface area contributed by atoms with Crippen molar-refractivity contribution in [2.45, 2.75) is 6.54 Å². The molecule has 0 atom stereocenters. The van der Waals surface area contributed by atoms with Crippen LogP contribution >= 0.6 is 0 Å². The molecule has 0 aromatic heterocycles. The summed E-state index contributed by atoms with van der Waals surface area (Å²) in [5, 5.41) is 10.3. The van der Waals surface area contributed by atoms with Gasteiger partial charge in [-0.05, 0) is 17.7 Å². The van der Waals surface area contributed by atoms with Crippen molar-refractivity contribution < 1.29 is 14.2 Å². The first-order chi connectivity index (χ1) is 12.7. The summed E-state index contributed by atoms with van der Waals surface area (Å²) in [4.78, 5) is 11.0. The molecule has 1 N–H and O–H groups in total. The quantitative estimate of drug-likeness (QED) is 0.891. The van der Waals surface area contributed by atoms with Crippen LogP contribution in [0.1, 0.15) is 5.56 Å². The van der Waals surface area contributed by atoms with Gasteiger partial charge in [-0.3, -0.25) is 4.90 Å². The van der Waals surface area contributed by atoms with Crippen LogP contribution in [0.5, 0.6) is 0 Å². The Balaban J connectivity index is 1.47. The fourth-order valence-electron chi connectivity index (χ4n) is 3.43. The molecule has 1 aromatic rings. The maximum atomic E-state index is 13.1. The van der Waals surface area contributed by atoms with Gasteiger partial charge in [-0.2, -0.15) is 0 Å². The van der Waals surface area contributed by atoms with E-state index in [9.17, 15) is 9.50 Å². The number of aliphatic hydroxyl groups excluding tert-OH is 1. The molecule has 0 radical (unpaired) electrons. The molecule has 3 heterocycles. The van der Waals surface area contributed by atoms with Crippen LogP contribution in [0.4, 0.5) is 4.39 Å². The lowest BCUT2D eigenvalue weighted by Gasteiger charge is -2.39. The van der Waals surface area contributed by atoms with Crippen LogP contribution in [0.15, 0.2) is 53.1 Å². The SMILES string of the molecule is OC1=CN=C(CN2CCOCC2)N2CCN(Cc3ccc(F)cc3)C=C12. The van der Waals surface area contributed by atoms with E-state index in [1.165, 1.54) is 18.3 Å². The Hall–Kier alpha value is -2.38. The first kappa shape index (κ1) is 17.1. The van der Waals surface area contributed by atoms with E-state index >= 15 is 0 Å². The highest BCUT2D eigenvalue weighted by Gasteiger charge is 2.28. The van der Waals surface area contributed by atoms with Crippen LogP contribution < -0.4 is 0 Å². The second kappa shape index (κ2) is 7.47. The van der Waals surface area contributed by atoms with Gasteiger partial charge in [0.05, 0.1) is 26.0 Å². The molecule has 1 aromatic carbocycles. The molecule has 6 nitrogen and oxygen atoms in total. The molecule has 0 spiro atoms. The molecule has 0 saturated carbocycles. The molecular weight excluding hydrogens is 335 g/mol. The summed E-state index contributed by atoms with van der Waals surface area (Å²) in [6.07, 6.45) is 3.49. The zero-order valence-electron chi connectivity index (χ0n) is 14.6. The fourth-order valence-corrected chi connectivity index (χ4v) is 3.43. The molecule has 1 saturated heterocycles. The minimum absolute atomic E-state index is 0.180. The van der Waals surface area contributed by atoms with Crippen molar-refractivity contribution in [2.75, 3.05) is 45.9 Å². The summed E-state index contributed by atoms with van der Waals surface area (Å²) in [5.41, 5.74) is 1.81. The summed E-state index contributed by atoms with van der Waals surface area (Å²) >= 11 is 0. The van der Waals surface area contributed by atoms with Crippen molar-refractivity contribution in [3.63, 3.8) is 0 Å². The third-order valence-corrected chi connectivity index (χ3v) is 4.88. The average molecular weight is 358 g/mol. The molecule has 4 rings (SSSR count). The van der Waals surface area contributed by atoms with E-state index in [0.717, 1.165) is 63.0 Å². The second-order valence-electron chi connectivity index (χ2n) is 6.71. The van der Waals surface area contributed by atoms with Gasteiger partial charge in [-0.1, -0.05) is 12.1 Å². The molecule has 3 aliphatic rings. The Kier molecular flexibility index (Phi) is 4.90. The minimum atomic E-state index is -0.228. The smallest absolute Gasteiger partial charge is 0.159 e. The largest absolute Gasteiger partial charge is 0.504 e. The number of morpholine rings is 1. The summed E-state index contributed by atoms with van der Waals surface area (Å²) in [6, 6.07) is 6.54. The molecule has 7 heteroatoms. The van der Waals surface area contributed by atoms with E-state index in [4.69, 9.17) is 4.74 Å². The van der Waals surface area contributed by atoms with Crippen LogP contribution in [-0.2, 0) is 11.3 Å². The van der Waals surface area contributed by atoms with E-state index < -0.39 is 0 Å². The lowest BCUT2D eigenvalue weighted by Crippen LogP contribution is -2.49. The predicted molar refractivity (Wildman–Crippen MR) is 97.0 cm³/mol. The molecule has 26 heavy (non-hydrogen) atoms. The third-order valence-electron chi connectivity index (χ3n) is 4.88. The number of nitrogens with zero attached hydrogens (tertiary/aromatic N) is 4. The summed E-state index contributed by atoms with van der Waals surface area (Å²) < 4.78 is 18.5. The van der Waals surface area contributed by atoms with Gasteiger partial charge in [0.2, 0.25) is 0 Å². The Morgan fingerprint density at radius 3 is 2.58 bits per heavy atom. The van der Waals surface area contributed by atoms with Crippen LogP contribution in [0.3, 0.4) is 0 Å². The average Bonchev–Trinajstić information content (AvgIpc) is 2.67. The van der Waals surface area contributed by atoms with E-state index in [2.05, 4.69) is 19.7 Å². The van der Waals surface area contributed by atoms with Crippen molar-refractivity contribution in [3.05, 3.63) is 59.5 Å². The molecule has 0 amide bonds. The molecular formula is C19H23FN4O2. The van der Waals surface area contributed by atoms with Crippen molar-refractivity contribution in [1.82, 2.24) is 14.7 Å². The standard InChI is InChI=1S/C19H23FN4O2/c20-16-3-1-15(2-4-16)12-23-5-6-24-17(13-23)18(25)11-21-19(24)14-22-7-9-26-10-8-22/h1-4,11,13,25H,5-10,12,14H2. The van der Waals surface area contributed by atoms with Crippen molar-refractivity contribution in [3.8, 4) is 0 Å². The zero-order chi connectivity index (χ0) is 17.9. The first-order valence-electron chi connectivity index (χ1n) is 8.93. The normalized spacial score (nSPS) is 21.0. The zero-order valence-corrected chi connectivity index (χ0v) is 14.6. The Labute approximate surface area is 152 Å². The highest BCUT2D eigenvalue weighted by Crippen LogP contribution is 2.24. The van der Waals surface area contributed by atoms with E-state index in [0.29, 0.717) is 6.54 Å². The number of hydrogen-bond donors (Lipinski definition) is 1. The van der Waals surface area contributed by atoms with Crippen LogP contribution in [0.25, 0.3) is 0 Å². The molecule has 1 fully saturated rings. The monoisotopic (exact) mass is 358 g/mol. The lowest BCUT2D eigenvalue weighted by atomic mass is 10.1. The maximum absolute atomic E-state index is 13.1. The Morgan fingerprint density at radius 2 is 1.81 bits per heavy atom. The van der Waals surface area contributed by atoms with Gasteiger partial charge in [0.15, 0.2) is 5.76 Å². The van der Waals surface area contributed by atoms with Crippen molar-refractivity contribution in [2.24, 2.45) is 4.99 Å². The van der Waals surface area contributed by atoms with Crippen LogP contribution in [-0.4, -0.2) is 71.6 Å². The van der Waals surface area contributed by atoms with Crippen LogP contribution in [0.2, 0.25) is 0 Å². The topological polar surface area (TPSA) is 51.5 Å². The van der Waals surface area contributed by atoms with Gasteiger partial charge in [0.25, 0.3) is 0 Å². The van der Waals surface area contributed by atoms with Crippen molar-refractivity contribution >= 4 is 5.84 Å². The molecule has 3 aliphatic heterocycles. The summed E-state index contributed by atoms with van der Waals surface area (Å²) in [5.74, 6) is 0.908. The van der Waals surface area contributed by atoms with Gasteiger partial charge in [0, 0.05) is 38.9 Å². The number of rotatable bonds is 4. The number of aliphatic imine (C=N–C) groups is 1. The Bertz CT molecular complexity index is 738. The first-order valence-corrected chi connectivity index (χ1v) is 8.93. The van der Waals surface area contributed by atoms with E-state index in [1.54, 1.807) is 12.1 Å². The highest BCUT2D eigenvalue weighted by molar-refractivity contribution is 5.88. The predicted octanol–water partition coefficient (Wildman–Crippen LogP) is 1.93. The molecule has 0 bridgehead atoms. The van der Waals surface area contributed by atoms with Gasteiger partial charge >= 0.3 is 0 Å². The van der Waals surface area contributed by atoms with Gasteiger partial charge in [0.1, 0.15) is 17.3 Å². The third kappa shape index (κ3) is 3.73. The molecule has 138 valence electrons. The minimum Gasteiger partial charge on any atom is -0.504 e. The molecule has 0 aliphatic carbocycles. The number of ether oxygens (including phenoxy) is 1. The fraction of sp³-hybridized carbons (Fsp3) is 0.421. The number of halogens is 1. The number of aliphatic hydroxyl groups is 1. The van der Waals surface area contributed by atoms with Gasteiger partial charge < -0.3 is 19.6 Å². The number of fused-ring (bicyclic) bond motifs is 1. The number of amidine groups is 1. The van der Waals surface area contributed by atoms with Crippen molar-refractivity contribution in [1.29, 1.82) is 0 Å². The number of hydrogen-bond acceptors (Lipinski definition) is 6. The van der Waals surface area contributed by atoms with Crippen LogP contribution in [0, 0.1) is 5.82 Å². The second-order valence-corrected chi connectivity index (χ2v) is 6.71. The Morgan fingerprint density at radius 1 is 1.04 bits per heavy atom. The van der Waals surface area contributed by atoms with E-state index in [1.807, 2.05) is 6.20 Å². The highest BCUT2D eigenvalue weighted by atomic mass is 19.1. The summed E-state index contributed by atoms with van der Waals surface area (Å²) in [6.45, 7) is 6.31. The number of benzene rings is 1. The van der Waals surface area contributed by atoms with E-state index in [-0.39, 0.29) is 11.6 Å². The van der Waals surface area contributed by atoms with Gasteiger partial charge in [-0.25, -0.2) is 9.38 Å². The molecule has 0 unspecified atom stereocenters. The van der Waals surface area contributed by atoms with Gasteiger partial charge in [-0.15, -0.1) is 0 Å².